The van der Waals surface area contributed by atoms with Crippen LogP contribution in [0, 0.1) is 5.92 Å². The van der Waals surface area contributed by atoms with E-state index in [0.29, 0.717) is 5.92 Å². The SMILES string of the molecule is CC(C)Oc1ccc(CNCC2CCCOC2)cc1. The quantitative estimate of drug-likeness (QED) is 0.856. The predicted molar refractivity (Wildman–Crippen MR) is 77.5 cm³/mol. The first-order valence-electron chi connectivity index (χ1n) is 7.28. The van der Waals surface area contributed by atoms with Crippen LogP contribution < -0.4 is 10.1 Å². The molecule has 2 rings (SSSR count). The lowest BCUT2D eigenvalue weighted by atomic mass is 10.0. The summed E-state index contributed by atoms with van der Waals surface area (Å²) in [7, 11) is 0. The molecule has 1 N–H and O–H groups in total. The van der Waals surface area contributed by atoms with E-state index in [1.54, 1.807) is 0 Å². The normalized spacial score (nSPS) is 19.6. The summed E-state index contributed by atoms with van der Waals surface area (Å²) in [6.45, 7) is 7.90. The largest absolute Gasteiger partial charge is 0.491 e. The average molecular weight is 263 g/mol. The van der Waals surface area contributed by atoms with Gasteiger partial charge in [0.15, 0.2) is 0 Å². The highest BCUT2D eigenvalue weighted by Crippen LogP contribution is 2.15. The van der Waals surface area contributed by atoms with Crippen LogP contribution in [0.15, 0.2) is 24.3 Å². The minimum absolute atomic E-state index is 0.232. The summed E-state index contributed by atoms with van der Waals surface area (Å²) in [6, 6.07) is 8.34. The first-order chi connectivity index (χ1) is 9.24. The van der Waals surface area contributed by atoms with Crippen molar-refractivity contribution in [2.45, 2.75) is 39.3 Å². The van der Waals surface area contributed by atoms with Gasteiger partial charge in [-0.3, -0.25) is 0 Å². The van der Waals surface area contributed by atoms with E-state index >= 15 is 0 Å². The maximum Gasteiger partial charge on any atom is 0.119 e. The van der Waals surface area contributed by atoms with Crippen LogP contribution in [-0.4, -0.2) is 25.9 Å². The van der Waals surface area contributed by atoms with Crippen LogP contribution >= 0.6 is 0 Å². The van der Waals surface area contributed by atoms with Gasteiger partial charge in [-0.15, -0.1) is 0 Å². The van der Waals surface area contributed by atoms with E-state index in [1.807, 2.05) is 26.0 Å². The topological polar surface area (TPSA) is 30.5 Å². The third-order valence-electron chi connectivity index (χ3n) is 3.31. The van der Waals surface area contributed by atoms with Crippen LogP contribution in [-0.2, 0) is 11.3 Å². The molecule has 3 heteroatoms. The molecule has 1 fully saturated rings. The fourth-order valence-corrected chi connectivity index (χ4v) is 2.35. The third-order valence-corrected chi connectivity index (χ3v) is 3.31. The summed E-state index contributed by atoms with van der Waals surface area (Å²) < 4.78 is 11.1. The number of ether oxygens (including phenoxy) is 2. The summed E-state index contributed by atoms with van der Waals surface area (Å²) in [5, 5.41) is 3.51. The lowest BCUT2D eigenvalue weighted by molar-refractivity contribution is 0.0547. The second-order valence-corrected chi connectivity index (χ2v) is 5.52. The number of rotatable bonds is 6. The zero-order chi connectivity index (χ0) is 13.5. The maximum atomic E-state index is 5.63. The maximum absolute atomic E-state index is 5.63. The number of nitrogens with one attached hydrogen (secondary N) is 1. The summed E-state index contributed by atoms with van der Waals surface area (Å²) >= 11 is 0. The van der Waals surface area contributed by atoms with E-state index in [4.69, 9.17) is 9.47 Å². The number of hydrogen-bond acceptors (Lipinski definition) is 3. The Morgan fingerprint density at radius 1 is 1.32 bits per heavy atom. The fraction of sp³-hybridized carbons (Fsp3) is 0.625. The molecule has 1 heterocycles. The molecule has 0 radical (unpaired) electrons. The van der Waals surface area contributed by atoms with Gasteiger partial charge in [0.25, 0.3) is 0 Å². The van der Waals surface area contributed by atoms with Gasteiger partial charge in [0.1, 0.15) is 5.75 Å². The summed E-state index contributed by atoms with van der Waals surface area (Å²) in [5.74, 6) is 1.62. The van der Waals surface area contributed by atoms with Gasteiger partial charge in [0.2, 0.25) is 0 Å². The van der Waals surface area contributed by atoms with Crippen LogP contribution in [0.5, 0.6) is 5.75 Å². The predicted octanol–water partition coefficient (Wildman–Crippen LogP) is 2.99. The van der Waals surface area contributed by atoms with Gasteiger partial charge in [-0.25, -0.2) is 0 Å². The van der Waals surface area contributed by atoms with Crippen molar-refractivity contribution in [2.24, 2.45) is 5.92 Å². The van der Waals surface area contributed by atoms with Crippen LogP contribution in [0.1, 0.15) is 32.3 Å². The Kier molecular flexibility index (Phi) is 5.67. The van der Waals surface area contributed by atoms with Gasteiger partial charge in [0.05, 0.1) is 12.7 Å². The van der Waals surface area contributed by atoms with E-state index in [9.17, 15) is 0 Å². The van der Waals surface area contributed by atoms with E-state index < -0.39 is 0 Å². The van der Waals surface area contributed by atoms with Crippen molar-refractivity contribution in [3.05, 3.63) is 29.8 Å². The summed E-state index contributed by atoms with van der Waals surface area (Å²) in [5.41, 5.74) is 1.30. The van der Waals surface area contributed by atoms with Crippen LogP contribution in [0.3, 0.4) is 0 Å². The van der Waals surface area contributed by atoms with Crippen molar-refractivity contribution in [3.8, 4) is 5.75 Å². The minimum atomic E-state index is 0.232. The van der Waals surface area contributed by atoms with E-state index in [2.05, 4.69) is 17.4 Å². The highest BCUT2D eigenvalue weighted by molar-refractivity contribution is 5.27. The Labute approximate surface area is 116 Å². The van der Waals surface area contributed by atoms with Gasteiger partial charge in [-0.05, 0) is 50.3 Å². The van der Waals surface area contributed by atoms with Crippen molar-refractivity contribution in [1.82, 2.24) is 5.32 Å². The van der Waals surface area contributed by atoms with Crippen LogP contribution in [0.2, 0.25) is 0 Å². The molecule has 1 unspecified atom stereocenters. The zero-order valence-corrected chi connectivity index (χ0v) is 12.0. The lowest BCUT2D eigenvalue weighted by Gasteiger charge is -2.22. The molecular formula is C16H25NO2. The first-order valence-corrected chi connectivity index (χ1v) is 7.28. The third kappa shape index (κ3) is 5.21. The van der Waals surface area contributed by atoms with Crippen molar-refractivity contribution in [2.75, 3.05) is 19.8 Å². The van der Waals surface area contributed by atoms with Crippen LogP contribution in [0.4, 0.5) is 0 Å². The smallest absolute Gasteiger partial charge is 0.119 e. The molecule has 0 aromatic heterocycles. The average Bonchev–Trinajstić information content (AvgIpc) is 2.41. The van der Waals surface area contributed by atoms with E-state index in [1.165, 1.54) is 18.4 Å². The summed E-state index contributed by atoms with van der Waals surface area (Å²) in [4.78, 5) is 0. The number of hydrogen-bond donors (Lipinski definition) is 1. The van der Waals surface area contributed by atoms with Gasteiger partial charge in [0, 0.05) is 19.7 Å². The molecule has 1 aromatic rings. The Balaban J connectivity index is 1.70. The molecule has 1 aliphatic heterocycles. The first kappa shape index (κ1) is 14.4. The van der Waals surface area contributed by atoms with Crippen molar-refractivity contribution >= 4 is 0 Å². The second-order valence-electron chi connectivity index (χ2n) is 5.52. The molecule has 0 bridgehead atoms. The molecule has 0 aliphatic carbocycles. The van der Waals surface area contributed by atoms with Gasteiger partial charge >= 0.3 is 0 Å². The molecule has 1 aromatic carbocycles. The van der Waals surface area contributed by atoms with Gasteiger partial charge in [-0.2, -0.15) is 0 Å². The second kappa shape index (κ2) is 7.51. The van der Waals surface area contributed by atoms with Crippen molar-refractivity contribution in [1.29, 1.82) is 0 Å². The standard InChI is InChI=1S/C16H25NO2/c1-13(2)19-16-7-5-14(6-8-16)10-17-11-15-4-3-9-18-12-15/h5-8,13,15,17H,3-4,9-12H2,1-2H3. The monoisotopic (exact) mass is 263 g/mol. The van der Waals surface area contributed by atoms with Gasteiger partial charge in [-0.1, -0.05) is 12.1 Å². The molecule has 3 nitrogen and oxygen atoms in total. The lowest BCUT2D eigenvalue weighted by Crippen LogP contribution is -2.28. The van der Waals surface area contributed by atoms with Crippen molar-refractivity contribution < 1.29 is 9.47 Å². The highest BCUT2D eigenvalue weighted by Gasteiger charge is 2.12. The Morgan fingerprint density at radius 3 is 2.74 bits per heavy atom. The molecule has 0 spiro atoms. The fourth-order valence-electron chi connectivity index (χ4n) is 2.35. The summed E-state index contributed by atoms with van der Waals surface area (Å²) in [6.07, 6.45) is 2.72. The van der Waals surface area contributed by atoms with Crippen molar-refractivity contribution in [3.63, 3.8) is 0 Å². The Hall–Kier alpha value is -1.06. The molecule has 0 saturated carbocycles. The Morgan fingerprint density at radius 2 is 2.11 bits per heavy atom. The van der Waals surface area contributed by atoms with E-state index in [0.717, 1.165) is 32.1 Å². The molecule has 0 amide bonds. The molecular weight excluding hydrogens is 238 g/mol. The highest BCUT2D eigenvalue weighted by atomic mass is 16.5. The zero-order valence-electron chi connectivity index (χ0n) is 12.0. The Bertz CT molecular complexity index is 356. The molecule has 19 heavy (non-hydrogen) atoms. The molecule has 1 aliphatic rings. The molecule has 106 valence electrons. The minimum Gasteiger partial charge on any atom is -0.491 e. The van der Waals surface area contributed by atoms with Gasteiger partial charge < -0.3 is 14.8 Å². The molecule has 1 atom stereocenters. The molecule has 1 saturated heterocycles. The number of benzene rings is 1. The van der Waals surface area contributed by atoms with E-state index in [-0.39, 0.29) is 6.10 Å². The van der Waals surface area contributed by atoms with Crippen LogP contribution in [0.25, 0.3) is 0 Å².